The molecule has 0 spiro atoms. The van der Waals surface area contributed by atoms with E-state index in [1.54, 1.807) is 0 Å². The Morgan fingerprint density at radius 2 is 2.19 bits per heavy atom. The normalized spacial score (nSPS) is 22.4. The third kappa shape index (κ3) is 3.97. The van der Waals surface area contributed by atoms with Crippen molar-refractivity contribution >= 4 is 17.7 Å². The Morgan fingerprint density at radius 1 is 1.33 bits per heavy atom. The molecule has 6 nitrogen and oxygen atoms in total. The van der Waals surface area contributed by atoms with Gasteiger partial charge < -0.3 is 14.4 Å². The van der Waals surface area contributed by atoms with Crippen LogP contribution in [0.2, 0.25) is 0 Å². The van der Waals surface area contributed by atoms with Gasteiger partial charge in [0.25, 0.3) is 0 Å². The van der Waals surface area contributed by atoms with Crippen LogP contribution in [0, 0.1) is 0 Å². The highest BCUT2D eigenvalue weighted by Gasteiger charge is 2.30. The van der Waals surface area contributed by atoms with E-state index in [1.165, 1.54) is 24.6 Å². The number of aryl methyl sites for hydroxylation is 1. The maximum Gasteiger partial charge on any atom is 0.313 e. The topological polar surface area (TPSA) is 77.2 Å². The molecule has 1 saturated carbocycles. The van der Waals surface area contributed by atoms with Crippen LogP contribution in [0.3, 0.4) is 0 Å². The molecule has 1 atom stereocenters. The van der Waals surface area contributed by atoms with Crippen LogP contribution in [0.15, 0.2) is 5.16 Å². The molecule has 1 aromatic rings. The number of carboxylic acid groups (broad SMARTS) is 1. The molecule has 2 heterocycles. The van der Waals surface area contributed by atoms with Crippen LogP contribution >= 0.6 is 11.8 Å². The first-order valence-corrected chi connectivity index (χ1v) is 8.62. The lowest BCUT2D eigenvalue weighted by Crippen LogP contribution is -2.20. The highest BCUT2D eigenvalue weighted by molar-refractivity contribution is 7.99. The summed E-state index contributed by atoms with van der Waals surface area (Å²) in [4.78, 5) is 10.7. The Hall–Kier alpha value is -1.08. The van der Waals surface area contributed by atoms with E-state index >= 15 is 0 Å². The van der Waals surface area contributed by atoms with Gasteiger partial charge in [0, 0.05) is 19.1 Å². The van der Waals surface area contributed by atoms with Crippen molar-refractivity contribution in [2.24, 2.45) is 0 Å². The Kier molecular flexibility index (Phi) is 4.80. The summed E-state index contributed by atoms with van der Waals surface area (Å²) >= 11 is 1.26. The van der Waals surface area contributed by atoms with Crippen molar-refractivity contribution in [2.45, 2.75) is 62.2 Å². The molecule has 0 aromatic carbocycles. The van der Waals surface area contributed by atoms with Crippen LogP contribution in [0.4, 0.5) is 0 Å². The van der Waals surface area contributed by atoms with Crippen LogP contribution < -0.4 is 0 Å². The fourth-order valence-corrected chi connectivity index (χ4v) is 3.47. The van der Waals surface area contributed by atoms with Gasteiger partial charge in [-0.25, -0.2) is 0 Å². The van der Waals surface area contributed by atoms with E-state index in [4.69, 9.17) is 9.84 Å². The van der Waals surface area contributed by atoms with Gasteiger partial charge in [0.1, 0.15) is 5.82 Å². The number of aromatic nitrogens is 3. The predicted molar refractivity (Wildman–Crippen MR) is 78.6 cm³/mol. The number of aliphatic carboxylic acids is 1. The van der Waals surface area contributed by atoms with Crippen LogP contribution in [-0.2, 0) is 16.0 Å². The van der Waals surface area contributed by atoms with E-state index in [2.05, 4.69) is 14.8 Å². The van der Waals surface area contributed by atoms with E-state index in [-0.39, 0.29) is 5.75 Å². The number of carbonyl (C=O) groups is 1. The number of thioether (sulfide) groups is 1. The summed E-state index contributed by atoms with van der Waals surface area (Å²) in [5.41, 5.74) is 0. The third-order valence-electron chi connectivity index (χ3n) is 3.94. The lowest BCUT2D eigenvalue weighted by atomic mass is 10.0. The lowest BCUT2D eigenvalue weighted by molar-refractivity contribution is -0.133. The Balaban J connectivity index is 1.62. The minimum Gasteiger partial charge on any atom is -0.481 e. The maximum absolute atomic E-state index is 10.7. The number of rotatable bonds is 7. The van der Waals surface area contributed by atoms with Crippen LogP contribution in [0.1, 0.15) is 50.4 Å². The number of nitrogens with zero attached hydrogens (tertiary/aromatic N) is 3. The molecule has 2 aliphatic rings. The fraction of sp³-hybridized carbons (Fsp3) is 0.786. The largest absolute Gasteiger partial charge is 0.481 e. The zero-order valence-electron chi connectivity index (χ0n) is 12.0. The SMILES string of the molecule is O=C(O)CSc1nnc(CCC2CCCCO2)n1C1CC1. The van der Waals surface area contributed by atoms with Gasteiger partial charge in [-0.15, -0.1) is 10.2 Å². The van der Waals surface area contributed by atoms with Gasteiger partial charge in [0.05, 0.1) is 11.9 Å². The molecule has 1 N–H and O–H groups in total. The molecule has 3 rings (SSSR count). The van der Waals surface area contributed by atoms with E-state index in [1.807, 2.05) is 0 Å². The van der Waals surface area contributed by atoms with Crippen molar-refractivity contribution in [1.82, 2.24) is 14.8 Å². The van der Waals surface area contributed by atoms with Crippen molar-refractivity contribution in [3.8, 4) is 0 Å². The quantitative estimate of drug-likeness (QED) is 0.779. The monoisotopic (exact) mass is 311 g/mol. The highest BCUT2D eigenvalue weighted by Crippen LogP contribution is 2.39. The van der Waals surface area contributed by atoms with E-state index in [0.29, 0.717) is 12.1 Å². The Bertz CT molecular complexity index is 496. The maximum atomic E-state index is 10.7. The molecule has 7 heteroatoms. The summed E-state index contributed by atoms with van der Waals surface area (Å²) in [5, 5.41) is 18.0. The average molecular weight is 311 g/mol. The van der Waals surface area contributed by atoms with Crippen LogP contribution in [-0.4, -0.2) is 44.3 Å². The van der Waals surface area contributed by atoms with Gasteiger partial charge in [-0.2, -0.15) is 0 Å². The second-order valence-electron chi connectivity index (χ2n) is 5.71. The van der Waals surface area contributed by atoms with Crippen LogP contribution in [0.25, 0.3) is 0 Å². The van der Waals surface area contributed by atoms with Crippen molar-refractivity contribution < 1.29 is 14.6 Å². The Labute approximate surface area is 128 Å². The summed E-state index contributed by atoms with van der Waals surface area (Å²) in [5.74, 6) is 0.207. The molecule has 1 saturated heterocycles. The molecule has 21 heavy (non-hydrogen) atoms. The average Bonchev–Trinajstić information content (AvgIpc) is 3.25. The van der Waals surface area contributed by atoms with E-state index in [0.717, 1.165) is 49.7 Å². The lowest BCUT2D eigenvalue weighted by Gasteiger charge is -2.22. The second-order valence-corrected chi connectivity index (χ2v) is 6.65. The number of hydrogen-bond acceptors (Lipinski definition) is 5. The summed E-state index contributed by atoms with van der Waals surface area (Å²) in [6, 6.07) is 0.471. The first-order valence-electron chi connectivity index (χ1n) is 7.64. The molecule has 1 aliphatic heterocycles. The number of hydrogen-bond donors (Lipinski definition) is 1. The molecule has 2 fully saturated rings. The molecular formula is C14H21N3O3S. The fourth-order valence-electron chi connectivity index (χ4n) is 2.73. The van der Waals surface area contributed by atoms with Gasteiger partial charge in [-0.05, 0) is 38.5 Å². The smallest absolute Gasteiger partial charge is 0.313 e. The van der Waals surface area contributed by atoms with Crippen molar-refractivity contribution in [3.05, 3.63) is 5.82 Å². The van der Waals surface area contributed by atoms with Gasteiger partial charge in [-0.3, -0.25) is 4.79 Å². The number of ether oxygens (including phenoxy) is 1. The summed E-state index contributed by atoms with van der Waals surface area (Å²) < 4.78 is 7.91. The summed E-state index contributed by atoms with van der Waals surface area (Å²) in [6.45, 7) is 0.875. The predicted octanol–water partition coefficient (Wildman–Crippen LogP) is 2.29. The molecular weight excluding hydrogens is 290 g/mol. The van der Waals surface area contributed by atoms with Crippen molar-refractivity contribution in [1.29, 1.82) is 0 Å². The van der Waals surface area contributed by atoms with Gasteiger partial charge in [-0.1, -0.05) is 11.8 Å². The van der Waals surface area contributed by atoms with Gasteiger partial charge >= 0.3 is 5.97 Å². The van der Waals surface area contributed by atoms with Crippen LogP contribution in [0.5, 0.6) is 0 Å². The molecule has 1 aliphatic carbocycles. The van der Waals surface area contributed by atoms with E-state index in [9.17, 15) is 4.79 Å². The van der Waals surface area contributed by atoms with Gasteiger partial charge in [0.15, 0.2) is 5.16 Å². The molecule has 116 valence electrons. The molecule has 0 amide bonds. The first kappa shape index (κ1) is 14.8. The van der Waals surface area contributed by atoms with E-state index < -0.39 is 5.97 Å². The first-order chi connectivity index (χ1) is 10.2. The highest BCUT2D eigenvalue weighted by atomic mass is 32.2. The summed E-state index contributed by atoms with van der Waals surface area (Å²) in [6.07, 6.45) is 8.04. The minimum absolute atomic E-state index is 0.0383. The minimum atomic E-state index is -0.817. The summed E-state index contributed by atoms with van der Waals surface area (Å²) in [7, 11) is 0. The van der Waals surface area contributed by atoms with Crippen molar-refractivity contribution in [3.63, 3.8) is 0 Å². The third-order valence-corrected chi connectivity index (χ3v) is 4.86. The second kappa shape index (κ2) is 6.79. The van der Waals surface area contributed by atoms with Crippen molar-refractivity contribution in [2.75, 3.05) is 12.4 Å². The molecule has 0 bridgehead atoms. The Morgan fingerprint density at radius 3 is 2.86 bits per heavy atom. The zero-order valence-corrected chi connectivity index (χ0v) is 12.8. The number of carboxylic acids is 1. The molecule has 1 unspecified atom stereocenters. The molecule has 0 radical (unpaired) electrons. The van der Waals surface area contributed by atoms with Gasteiger partial charge in [0.2, 0.25) is 0 Å². The standard InChI is InChI=1S/C14H21N3O3S/c18-13(19)9-21-14-16-15-12(17(14)10-4-5-10)7-6-11-3-1-2-8-20-11/h10-11H,1-9H2,(H,18,19). The zero-order chi connectivity index (χ0) is 14.7. The molecule has 1 aromatic heterocycles.